The fourth-order valence-corrected chi connectivity index (χ4v) is 3.89. The van der Waals surface area contributed by atoms with E-state index >= 15 is 0 Å². The summed E-state index contributed by atoms with van der Waals surface area (Å²) in [6.45, 7) is 6.69. The molecule has 0 fully saturated rings. The maximum Gasteiger partial charge on any atom is 0.224 e. The normalized spacial score (nSPS) is 11.8. The molecule has 9 heteroatoms. The average Bonchev–Trinajstić information content (AvgIpc) is 2.99. The van der Waals surface area contributed by atoms with Crippen LogP contribution in [0.4, 0.5) is 11.6 Å². The summed E-state index contributed by atoms with van der Waals surface area (Å²) >= 11 is 13.5. The molecule has 2 heterocycles. The standard InChI is InChI=1S/C19H21Cl2N5OS/c1-9(27)16-14(23)13-15(10-4-5-11(20)12(21)6-10)25-18(26-17(13)28-16)24-8-19(2,3)7-22/h4-6H,7-8,22-23H2,1-3H3,(H,24,25,26). The van der Waals surface area contributed by atoms with Gasteiger partial charge in [-0.25, -0.2) is 9.97 Å². The molecule has 0 aliphatic heterocycles. The maximum atomic E-state index is 12.0. The van der Waals surface area contributed by atoms with Gasteiger partial charge in [0.1, 0.15) is 4.83 Å². The number of hydrogen-bond donors (Lipinski definition) is 3. The van der Waals surface area contributed by atoms with Crippen LogP contribution in [0.1, 0.15) is 30.4 Å². The third-order valence-electron chi connectivity index (χ3n) is 4.38. The van der Waals surface area contributed by atoms with Crippen LogP contribution in [0.3, 0.4) is 0 Å². The van der Waals surface area contributed by atoms with Gasteiger partial charge >= 0.3 is 0 Å². The fraction of sp³-hybridized carbons (Fsp3) is 0.316. The van der Waals surface area contributed by atoms with E-state index in [1.807, 2.05) is 6.07 Å². The van der Waals surface area contributed by atoms with Crippen molar-refractivity contribution in [2.75, 3.05) is 24.1 Å². The largest absolute Gasteiger partial charge is 0.397 e. The number of thiophene rings is 1. The molecule has 0 saturated carbocycles. The Morgan fingerprint density at radius 3 is 2.57 bits per heavy atom. The zero-order valence-electron chi connectivity index (χ0n) is 15.8. The van der Waals surface area contributed by atoms with Gasteiger partial charge in [0.05, 0.1) is 31.7 Å². The van der Waals surface area contributed by atoms with Gasteiger partial charge in [0.25, 0.3) is 0 Å². The average molecular weight is 438 g/mol. The summed E-state index contributed by atoms with van der Waals surface area (Å²) in [6.07, 6.45) is 0. The van der Waals surface area contributed by atoms with E-state index in [4.69, 9.17) is 34.7 Å². The first-order valence-corrected chi connectivity index (χ1v) is 10.2. The molecular weight excluding hydrogens is 417 g/mol. The molecule has 0 unspecified atom stereocenters. The molecular formula is C19H21Cl2N5OS. The van der Waals surface area contributed by atoms with Gasteiger partial charge in [-0.1, -0.05) is 43.1 Å². The lowest BCUT2D eigenvalue weighted by Gasteiger charge is -2.22. The van der Waals surface area contributed by atoms with Crippen molar-refractivity contribution in [3.05, 3.63) is 33.1 Å². The van der Waals surface area contributed by atoms with E-state index in [-0.39, 0.29) is 11.2 Å². The Labute approximate surface area is 177 Å². The maximum absolute atomic E-state index is 12.0. The lowest BCUT2D eigenvalue weighted by Crippen LogP contribution is -2.31. The minimum absolute atomic E-state index is 0.112. The first kappa shape index (κ1) is 20.8. The Balaban J connectivity index is 2.20. The molecule has 0 amide bonds. The Bertz CT molecular complexity index is 1060. The Hall–Kier alpha value is -1.93. The van der Waals surface area contributed by atoms with Gasteiger partial charge in [0, 0.05) is 19.0 Å². The molecule has 0 atom stereocenters. The number of rotatable bonds is 6. The molecule has 2 aromatic heterocycles. The molecule has 3 rings (SSSR count). The number of carbonyl (C=O) groups is 1. The quantitative estimate of drug-likeness (QED) is 0.475. The van der Waals surface area contributed by atoms with Crippen LogP contribution < -0.4 is 16.8 Å². The molecule has 0 aliphatic carbocycles. The van der Waals surface area contributed by atoms with E-state index in [9.17, 15) is 4.79 Å². The van der Waals surface area contributed by atoms with E-state index in [0.717, 1.165) is 5.56 Å². The molecule has 0 saturated heterocycles. The highest BCUT2D eigenvalue weighted by Gasteiger charge is 2.22. The monoisotopic (exact) mass is 437 g/mol. The molecule has 0 radical (unpaired) electrons. The third-order valence-corrected chi connectivity index (χ3v) is 6.32. The summed E-state index contributed by atoms with van der Waals surface area (Å²) in [4.78, 5) is 22.3. The van der Waals surface area contributed by atoms with Crippen LogP contribution >= 0.6 is 34.5 Å². The second-order valence-electron chi connectivity index (χ2n) is 7.33. The van der Waals surface area contributed by atoms with Crippen LogP contribution in [0.2, 0.25) is 10.0 Å². The Morgan fingerprint density at radius 2 is 1.96 bits per heavy atom. The van der Waals surface area contributed by atoms with Gasteiger partial charge in [-0.3, -0.25) is 4.79 Å². The highest BCUT2D eigenvalue weighted by molar-refractivity contribution is 7.21. The summed E-state index contributed by atoms with van der Waals surface area (Å²) < 4.78 is 0. The molecule has 1 aromatic carbocycles. The molecule has 28 heavy (non-hydrogen) atoms. The molecule has 0 aliphatic rings. The molecule has 6 nitrogen and oxygen atoms in total. The number of fused-ring (bicyclic) bond motifs is 1. The Kier molecular flexibility index (Phi) is 5.82. The van der Waals surface area contributed by atoms with Crippen LogP contribution in [0.15, 0.2) is 18.2 Å². The molecule has 0 spiro atoms. The second-order valence-corrected chi connectivity index (χ2v) is 9.14. The number of halogens is 2. The van der Waals surface area contributed by atoms with Crippen LogP contribution in [0.25, 0.3) is 21.5 Å². The number of nitrogens with two attached hydrogens (primary N) is 2. The number of carbonyl (C=O) groups excluding carboxylic acids is 1. The van der Waals surface area contributed by atoms with Gasteiger partial charge in [0.2, 0.25) is 5.95 Å². The first-order valence-electron chi connectivity index (χ1n) is 8.63. The van der Waals surface area contributed by atoms with E-state index in [0.29, 0.717) is 55.6 Å². The van der Waals surface area contributed by atoms with Crippen molar-refractivity contribution in [2.45, 2.75) is 20.8 Å². The van der Waals surface area contributed by atoms with E-state index in [2.05, 4.69) is 29.1 Å². The molecule has 3 aromatic rings. The minimum Gasteiger partial charge on any atom is -0.397 e. The molecule has 5 N–H and O–H groups in total. The van der Waals surface area contributed by atoms with Crippen LogP contribution in [0.5, 0.6) is 0 Å². The highest BCUT2D eigenvalue weighted by atomic mass is 35.5. The van der Waals surface area contributed by atoms with Crippen molar-refractivity contribution in [2.24, 2.45) is 11.1 Å². The summed E-state index contributed by atoms with van der Waals surface area (Å²) in [5.41, 5.74) is 13.7. The second kappa shape index (κ2) is 7.83. The summed E-state index contributed by atoms with van der Waals surface area (Å²) in [5.74, 6) is 0.325. The van der Waals surface area contributed by atoms with Gasteiger partial charge in [-0.15, -0.1) is 11.3 Å². The minimum atomic E-state index is -0.124. The number of benzene rings is 1. The fourth-order valence-electron chi connectivity index (χ4n) is 2.61. The van der Waals surface area contributed by atoms with Gasteiger partial charge in [-0.05, 0) is 24.1 Å². The van der Waals surface area contributed by atoms with Gasteiger partial charge in [-0.2, -0.15) is 0 Å². The first-order chi connectivity index (χ1) is 13.1. The zero-order valence-corrected chi connectivity index (χ0v) is 18.1. The number of nitrogen functional groups attached to an aromatic ring is 1. The van der Waals surface area contributed by atoms with Gasteiger partial charge in [0.15, 0.2) is 5.78 Å². The number of hydrogen-bond acceptors (Lipinski definition) is 7. The lowest BCUT2D eigenvalue weighted by atomic mass is 9.94. The topological polar surface area (TPSA) is 107 Å². The van der Waals surface area contributed by atoms with Crippen molar-refractivity contribution in [3.8, 4) is 11.3 Å². The van der Waals surface area contributed by atoms with Crippen LogP contribution in [-0.2, 0) is 0 Å². The molecule has 0 bridgehead atoms. The van der Waals surface area contributed by atoms with Crippen molar-refractivity contribution >= 4 is 62.2 Å². The number of ketones is 1. The van der Waals surface area contributed by atoms with E-state index in [1.165, 1.54) is 18.3 Å². The third kappa shape index (κ3) is 4.07. The number of nitrogens with zero attached hydrogens (tertiary/aromatic N) is 2. The number of Topliss-reactive ketones (excluding diaryl/α,β-unsaturated/α-hetero) is 1. The van der Waals surface area contributed by atoms with Crippen molar-refractivity contribution in [1.82, 2.24) is 9.97 Å². The van der Waals surface area contributed by atoms with Gasteiger partial charge < -0.3 is 16.8 Å². The Morgan fingerprint density at radius 1 is 1.25 bits per heavy atom. The predicted molar refractivity (Wildman–Crippen MR) is 119 cm³/mol. The summed E-state index contributed by atoms with van der Waals surface area (Å²) in [6, 6.07) is 5.24. The zero-order chi connectivity index (χ0) is 20.6. The predicted octanol–water partition coefficient (Wildman–Crippen LogP) is 4.85. The summed E-state index contributed by atoms with van der Waals surface area (Å²) in [5, 5.41) is 4.73. The van der Waals surface area contributed by atoms with Crippen molar-refractivity contribution in [1.29, 1.82) is 0 Å². The van der Waals surface area contributed by atoms with E-state index < -0.39 is 0 Å². The van der Waals surface area contributed by atoms with Crippen LogP contribution in [0, 0.1) is 5.41 Å². The number of anilines is 2. The smallest absolute Gasteiger partial charge is 0.224 e. The van der Waals surface area contributed by atoms with E-state index in [1.54, 1.807) is 12.1 Å². The lowest BCUT2D eigenvalue weighted by molar-refractivity contribution is 0.102. The summed E-state index contributed by atoms with van der Waals surface area (Å²) in [7, 11) is 0. The number of aromatic nitrogens is 2. The highest BCUT2D eigenvalue weighted by Crippen LogP contribution is 2.40. The SMILES string of the molecule is CC(=O)c1sc2nc(NCC(C)(C)CN)nc(-c3ccc(Cl)c(Cl)c3)c2c1N. The van der Waals surface area contributed by atoms with Crippen molar-refractivity contribution in [3.63, 3.8) is 0 Å². The number of nitrogens with one attached hydrogen (secondary N) is 1. The van der Waals surface area contributed by atoms with Crippen LogP contribution in [-0.4, -0.2) is 28.8 Å². The van der Waals surface area contributed by atoms with Crippen molar-refractivity contribution < 1.29 is 4.79 Å². The molecule has 148 valence electrons.